The van der Waals surface area contributed by atoms with E-state index in [4.69, 9.17) is 21.5 Å². The summed E-state index contributed by atoms with van der Waals surface area (Å²) in [7, 11) is -3.83. The summed E-state index contributed by atoms with van der Waals surface area (Å²) in [5.74, 6) is 0.736. The van der Waals surface area contributed by atoms with Crippen molar-refractivity contribution in [2.45, 2.75) is 11.8 Å². The molecule has 4 aromatic rings. The fraction of sp³-hybridized carbons (Fsp3) is 0.0870. The summed E-state index contributed by atoms with van der Waals surface area (Å²) in [5, 5.41) is 10.9. The maximum absolute atomic E-state index is 12.5. The fourth-order valence-electron chi connectivity index (χ4n) is 3.12. The zero-order valence-corrected chi connectivity index (χ0v) is 19.6. The van der Waals surface area contributed by atoms with Gasteiger partial charge in [-0.15, -0.1) is 0 Å². The molecule has 0 radical (unpaired) electrons. The number of anilines is 2. The largest absolute Gasteiger partial charge is 0.483 e. The van der Waals surface area contributed by atoms with E-state index in [0.29, 0.717) is 17.2 Å². The van der Waals surface area contributed by atoms with Crippen LogP contribution in [0.25, 0.3) is 10.8 Å². The third kappa shape index (κ3) is 5.69. The van der Waals surface area contributed by atoms with Gasteiger partial charge in [0.05, 0.1) is 4.90 Å². The highest BCUT2D eigenvalue weighted by Crippen LogP contribution is 2.25. The number of amides is 1. The average molecular weight is 497 g/mol. The van der Waals surface area contributed by atoms with Crippen LogP contribution in [0.15, 0.2) is 82.2 Å². The maximum Gasteiger partial charge on any atom is 0.264 e. The molecular formula is C23H20N4O5S2. The lowest BCUT2D eigenvalue weighted by atomic mass is 10.1. The van der Waals surface area contributed by atoms with E-state index in [-0.39, 0.29) is 22.4 Å². The minimum atomic E-state index is -3.83. The van der Waals surface area contributed by atoms with E-state index in [1.807, 2.05) is 36.4 Å². The van der Waals surface area contributed by atoms with Gasteiger partial charge in [-0.05, 0) is 54.9 Å². The van der Waals surface area contributed by atoms with Crippen molar-refractivity contribution >= 4 is 55.5 Å². The Morgan fingerprint density at radius 1 is 1.06 bits per heavy atom. The van der Waals surface area contributed by atoms with Crippen molar-refractivity contribution in [2.24, 2.45) is 0 Å². The van der Waals surface area contributed by atoms with Gasteiger partial charge in [-0.3, -0.25) is 14.8 Å². The molecule has 0 spiro atoms. The van der Waals surface area contributed by atoms with Crippen molar-refractivity contribution < 1.29 is 22.5 Å². The van der Waals surface area contributed by atoms with Crippen molar-refractivity contribution in [1.29, 1.82) is 0 Å². The van der Waals surface area contributed by atoms with Gasteiger partial charge in [0.2, 0.25) is 0 Å². The van der Waals surface area contributed by atoms with E-state index in [9.17, 15) is 13.2 Å². The van der Waals surface area contributed by atoms with E-state index in [2.05, 4.69) is 20.5 Å². The molecule has 0 aliphatic rings. The number of ether oxygens (including phenoxy) is 1. The van der Waals surface area contributed by atoms with Crippen molar-refractivity contribution in [2.75, 3.05) is 16.6 Å². The van der Waals surface area contributed by atoms with Crippen molar-refractivity contribution in [3.8, 4) is 5.75 Å². The zero-order chi connectivity index (χ0) is 24.1. The highest BCUT2D eigenvalue weighted by atomic mass is 32.2. The molecule has 3 aromatic carbocycles. The van der Waals surface area contributed by atoms with Gasteiger partial charge < -0.3 is 14.6 Å². The van der Waals surface area contributed by atoms with Crippen LogP contribution in [-0.4, -0.2) is 31.2 Å². The van der Waals surface area contributed by atoms with Crippen LogP contribution in [0.1, 0.15) is 5.76 Å². The molecule has 0 aliphatic heterocycles. The van der Waals surface area contributed by atoms with Crippen LogP contribution in [0.4, 0.5) is 11.5 Å². The van der Waals surface area contributed by atoms with Gasteiger partial charge in [0, 0.05) is 17.1 Å². The maximum atomic E-state index is 12.5. The Kier molecular flexibility index (Phi) is 6.75. The lowest BCUT2D eigenvalue weighted by Gasteiger charge is -2.12. The number of carbonyl (C=O) groups excluding carboxylic acids is 1. The highest BCUT2D eigenvalue weighted by Gasteiger charge is 2.16. The molecule has 4 rings (SSSR count). The number of rotatable bonds is 7. The minimum Gasteiger partial charge on any atom is -0.483 e. The molecular weight excluding hydrogens is 476 g/mol. The fourth-order valence-corrected chi connectivity index (χ4v) is 4.33. The van der Waals surface area contributed by atoms with Gasteiger partial charge in [-0.1, -0.05) is 41.6 Å². The molecule has 0 atom stereocenters. The Morgan fingerprint density at radius 3 is 2.53 bits per heavy atom. The van der Waals surface area contributed by atoms with Crippen LogP contribution < -0.4 is 20.1 Å². The molecule has 3 N–H and O–H groups in total. The Bertz CT molecular complexity index is 1440. The molecule has 9 nitrogen and oxygen atoms in total. The first-order valence-electron chi connectivity index (χ1n) is 10.1. The van der Waals surface area contributed by atoms with Crippen LogP contribution in [0, 0.1) is 6.92 Å². The second-order valence-corrected chi connectivity index (χ2v) is 9.31. The van der Waals surface area contributed by atoms with Gasteiger partial charge in [0.15, 0.2) is 17.5 Å². The lowest BCUT2D eigenvalue weighted by molar-refractivity contribution is -0.121. The summed E-state index contributed by atoms with van der Waals surface area (Å²) < 4.78 is 37.7. The van der Waals surface area contributed by atoms with Crippen LogP contribution in [0.2, 0.25) is 0 Å². The number of fused-ring (bicyclic) bond motifs is 1. The molecule has 0 saturated carbocycles. The normalized spacial score (nSPS) is 11.1. The second kappa shape index (κ2) is 9.89. The third-order valence-corrected chi connectivity index (χ3v) is 6.23. The molecule has 0 bridgehead atoms. The number of hydrogen-bond donors (Lipinski definition) is 3. The van der Waals surface area contributed by atoms with Crippen molar-refractivity contribution in [3.63, 3.8) is 0 Å². The SMILES string of the molecule is Cc1cc(NS(=O)(=O)c2ccc(NC(=S)NC(=O)COc3cccc4ccccc34)cc2)no1. The van der Waals surface area contributed by atoms with Gasteiger partial charge in [0.1, 0.15) is 11.5 Å². The molecule has 0 fully saturated rings. The number of carbonyl (C=O) groups is 1. The molecule has 1 aromatic heterocycles. The molecule has 1 heterocycles. The van der Waals surface area contributed by atoms with E-state index < -0.39 is 15.9 Å². The zero-order valence-electron chi connectivity index (χ0n) is 17.9. The van der Waals surface area contributed by atoms with E-state index in [0.717, 1.165) is 10.8 Å². The van der Waals surface area contributed by atoms with Crippen LogP contribution >= 0.6 is 12.2 Å². The first kappa shape index (κ1) is 23.2. The number of nitrogens with one attached hydrogen (secondary N) is 3. The van der Waals surface area contributed by atoms with Crippen LogP contribution in [-0.2, 0) is 14.8 Å². The summed E-state index contributed by atoms with van der Waals surface area (Å²) in [6.45, 7) is 1.43. The number of aromatic nitrogens is 1. The summed E-state index contributed by atoms with van der Waals surface area (Å²) in [6.07, 6.45) is 0. The second-order valence-electron chi connectivity index (χ2n) is 7.22. The molecule has 11 heteroatoms. The van der Waals surface area contributed by atoms with Gasteiger partial charge in [0.25, 0.3) is 15.9 Å². The highest BCUT2D eigenvalue weighted by molar-refractivity contribution is 7.92. The molecule has 174 valence electrons. The van der Waals surface area contributed by atoms with E-state index in [1.165, 1.54) is 30.3 Å². The quantitative estimate of drug-likeness (QED) is 0.330. The number of hydrogen-bond acceptors (Lipinski definition) is 7. The molecule has 0 unspecified atom stereocenters. The minimum absolute atomic E-state index is 0.0251. The molecule has 34 heavy (non-hydrogen) atoms. The van der Waals surface area contributed by atoms with Crippen LogP contribution in [0.5, 0.6) is 5.75 Å². The number of aryl methyl sites for hydroxylation is 1. The van der Waals surface area contributed by atoms with E-state index in [1.54, 1.807) is 13.0 Å². The average Bonchev–Trinajstić information content (AvgIpc) is 3.21. The molecule has 0 saturated heterocycles. The predicted octanol–water partition coefficient (Wildman–Crippen LogP) is 3.83. The topological polar surface area (TPSA) is 123 Å². The summed E-state index contributed by atoms with van der Waals surface area (Å²) >= 11 is 5.17. The van der Waals surface area contributed by atoms with Crippen molar-refractivity contribution in [3.05, 3.63) is 78.6 Å². The Balaban J connectivity index is 1.30. The summed E-state index contributed by atoms with van der Waals surface area (Å²) in [4.78, 5) is 12.3. The number of sulfonamides is 1. The Labute approximate surface area is 201 Å². The first-order chi connectivity index (χ1) is 16.3. The monoisotopic (exact) mass is 496 g/mol. The summed E-state index contributed by atoms with van der Waals surface area (Å²) in [6, 6.07) is 20.6. The van der Waals surface area contributed by atoms with Gasteiger partial charge in [-0.2, -0.15) is 0 Å². The standard InChI is InChI=1S/C23H20N4O5S2/c1-15-13-21(26-32-15)27-34(29,30)18-11-9-17(10-12-18)24-23(33)25-22(28)14-31-20-8-4-6-16-5-2-3-7-19(16)20/h2-13H,14H2,1H3,(H,26,27)(H2,24,25,28,33). The predicted molar refractivity (Wildman–Crippen MR) is 132 cm³/mol. The smallest absolute Gasteiger partial charge is 0.264 e. The number of thiocarbonyl (C=S) groups is 1. The van der Waals surface area contributed by atoms with Gasteiger partial charge in [-0.25, -0.2) is 8.42 Å². The third-order valence-electron chi connectivity index (χ3n) is 4.65. The Morgan fingerprint density at radius 2 is 1.79 bits per heavy atom. The number of nitrogens with zero attached hydrogens (tertiary/aromatic N) is 1. The number of benzene rings is 3. The van der Waals surface area contributed by atoms with Crippen molar-refractivity contribution in [1.82, 2.24) is 10.5 Å². The van der Waals surface area contributed by atoms with E-state index >= 15 is 0 Å². The lowest BCUT2D eigenvalue weighted by Crippen LogP contribution is -2.37. The van der Waals surface area contributed by atoms with Gasteiger partial charge >= 0.3 is 0 Å². The molecule has 0 aliphatic carbocycles. The Hall–Kier alpha value is -3.96. The van der Waals surface area contributed by atoms with Crippen LogP contribution in [0.3, 0.4) is 0 Å². The summed E-state index contributed by atoms with van der Waals surface area (Å²) in [5.41, 5.74) is 0.497. The first-order valence-corrected chi connectivity index (χ1v) is 12.0. The molecule has 1 amide bonds.